The molecule has 0 aromatic heterocycles. The van der Waals surface area contributed by atoms with Crippen LogP contribution in [0.15, 0.2) is 0 Å². The Morgan fingerprint density at radius 2 is 1.22 bits per heavy atom. The molecule has 2 fully saturated rings. The zero-order valence-electron chi connectivity index (χ0n) is 18.0. The summed E-state index contributed by atoms with van der Waals surface area (Å²) in [4.78, 5) is 24.2. The topological polar surface area (TPSA) is 34.1 Å². The Bertz CT molecular complexity index is 420. The molecule has 2 aliphatic rings. The summed E-state index contributed by atoms with van der Waals surface area (Å²) < 4.78 is 0. The molecule has 0 aliphatic heterocycles. The molecule has 0 heterocycles. The molecule has 156 valence electrons. The number of hydrogen-bond donors (Lipinski definition) is 0. The average Bonchev–Trinajstić information content (AvgIpc) is 2.92. The van der Waals surface area contributed by atoms with Crippen molar-refractivity contribution in [2.45, 2.75) is 129 Å². The van der Waals surface area contributed by atoms with Gasteiger partial charge in [0.25, 0.3) is 0 Å². The highest BCUT2D eigenvalue weighted by Crippen LogP contribution is 2.33. The first-order valence-electron chi connectivity index (χ1n) is 12.2. The Balaban J connectivity index is 1.44. The molecule has 2 nitrogen and oxygen atoms in total. The maximum absolute atomic E-state index is 12.2. The van der Waals surface area contributed by atoms with Gasteiger partial charge in [0, 0.05) is 25.7 Å². The van der Waals surface area contributed by atoms with Gasteiger partial charge < -0.3 is 0 Å². The first-order chi connectivity index (χ1) is 13.1. The number of carbonyl (C=O) groups excluding carboxylic acids is 2. The normalized spacial score (nSPS) is 24.5. The average molecular weight is 377 g/mol. The van der Waals surface area contributed by atoms with Crippen LogP contribution < -0.4 is 0 Å². The second-order valence-corrected chi connectivity index (χ2v) is 9.61. The monoisotopic (exact) mass is 376 g/mol. The minimum atomic E-state index is 0.419. The largest absolute Gasteiger partial charge is 0.300 e. The van der Waals surface area contributed by atoms with Crippen molar-refractivity contribution in [3.63, 3.8) is 0 Å². The van der Waals surface area contributed by atoms with E-state index in [9.17, 15) is 9.59 Å². The minimum Gasteiger partial charge on any atom is -0.300 e. The smallest absolute Gasteiger partial charge is 0.133 e. The third kappa shape index (κ3) is 9.90. The van der Waals surface area contributed by atoms with Crippen molar-refractivity contribution in [2.24, 2.45) is 17.8 Å². The fraction of sp³-hybridized carbons (Fsp3) is 0.920. The summed E-state index contributed by atoms with van der Waals surface area (Å²) in [7, 11) is 0. The molecule has 0 amide bonds. The zero-order valence-corrected chi connectivity index (χ0v) is 18.0. The summed E-state index contributed by atoms with van der Waals surface area (Å²) in [6.07, 6.45) is 21.9. The van der Waals surface area contributed by atoms with Crippen molar-refractivity contribution in [3.8, 4) is 0 Å². The molecule has 0 radical (unpaired) electrons. The van der Waals surface area contributed by atoms with E-state index in [-0.39, 0.29) is 0 Å². The predicted octanol–water partition coefficient (Wildman–Crippen LogP) is 7.43. The van der Waals surface area contributed by atoms with Crippen LogP contribution in [0.1, 0.15) is 129 Å². The van der Waals surface area contributed by atoms with Gasteiger partial charge in [-0.25, -0.2) is 0 Å². The van der Waals surface area contributed by atoms with Gasteiger partial charge in [-0.15, -0.1) is 0 Å². The van der Waals surface area contributed by atoms with Gasteiger partial charge in [-0.1, -0.05) is 84.0 Å². The molecule has 2 unspecified atom stereocenters. The van der Waals surface area contributed by atoms with Gasteiger partial charge in [0.1, 0.15) is 11.6 Å². The highest BCUT2D eigenvalue weighted by atomic mass is 16.1. The van der Waals surface area contributed by atoms with Crippen LogP contribution in [-0.4, -0.2) is 11.6 Å². The van der Waals surface area contributed by atoms with E-state index in [0.717, 1.165) is 43.9 Å². The van der Waals surface area contributed by atoms with E-state index in [1.165, 1.54) is 77.0 Å². The number of rotatable bonds is 12. The molecule has 27 heavy (non-hydrogen) atoms. The highest BCUT2D eigenvalue weighted by Gasteiger charge is 2.20. The summed E-state index contributed by atoms with van der Waals surface area (Å²) >= 11 is 0. The van der Waals surface area contributed by atoms with Gasteiger partial charge in [0.05, 0.1) is 0 Å². The van der Waals surface area contributed by atoms with Crippen LogP contribution in [0.5, 0.6) is 0 Å². The van der Waals surface area contributed by atoms with Crippen LogP contribution in [-0.2, 0) is 9.59 Å². The van der Waals surface area contributed by atoms with Crippen molar-refractivity contribution in [1.82, 2.24) is 0 Å². The lowest BCUT2D eigenvalue weighted by atomic mass is 9.78. The summed E-state index contributed by atoms with van der Waals surface area (Å²) in [5, 5.41) is 0. The Kier molecular flexibility index (Phi) is 11.3. The van der Waals surface area contributed by atoms with Crippen LogP contribution in [0, 0.1) is 17.8 Å². The molecule has 2 aliphatic carbocycles. The first-order valence-corrected chi connectivity index (χ1v) is 12.2. The molecule has 0 spiro atoms. The van der Waals surface area contributed by atoms with Gasteiger partial charge in [-0.3, -0.25) is 9.59 Å². The van der Waals surface area contributed by atoms with Crippen molar-refractivity contribution in [3.05, 3.63) is 0 Å². The molecule has 2 atom stereocenters. The minimum absolute atomic E-state index is 0.419. The number of hydrogen-bond acceptors (Lipinski definition) is 2. The quantitative estimate of drug-likeness (QED) is 0.262. The lowest BCUT2D eigenvalue weighted by molar-refractivity contribution is -0.121. The van der Waals surface area contributed by atoms with Crippen molar-refractivity contribution < 1.29 is 9.59 Å². The molecular weight excluding hydrogens is 332 g/mol. The van der Waals surface area contributed by atoms with E-state index in [0.29, 0.717) is 30.3 Å². The molecule has 0 saturated heterocycles. The van der Waals surface area contributed by atoms with E-state index in [4.69, 9.17) is 0 Å². The molecule has 0 N–H and O–H groups in total. The molecular formula is C25H44O2. The van der Waals surface area contributed by atoms with E-state index in [2.05, 4.69) is 6.92 Å². The van der Waals surface area contributed by atoms with Crippen molar-refractivity contribution >= 4 is 11.6 Å². The zero-order chi connectivity index (χ0) is 19.3. The van der Waals surface area contributed by atoms with E-state index < -0.39 is 0 Å². The summed E-state index contributed by atoms with van der Waals surface area (Å²) in [5.74, 6) is 3.31. The van der Waals surface area contributed by atoms with Crippen LogP contribution >= 0.6 is 0 Å². The maximum atomic E-state index is 12.2. The number of carbonyl (C=O) groups is 2. The SMILES string of the molecule is CC1CCCCC1CCCCC(=O)CCCCC(=O)CC1CCCCCC1. The third-order valence-corrected chi connectivity index (χ3v) is 7.22. The van der Waals surface area contributed by atoms with E-state index in [1.54, 1.807) is 0 Å². The molecule has 2 saturated carbocycles. The summed E-state index contributed by atoms with van der Waals surface area (Å²) in [5.41, 5.74) is 0. The van der Waals surface area contributed by atoms with E-state index >= 15 is 0 Å². The summed E-state index contributed by atoms with van der Waals surface area (Å²) in [6.45, 7) is 2.41. The van der Waals surface area contributed by atoms with Crippen molar-refractivity contribution in [1.29, 1.82) is 0 Å². The Labute approximate surface area is 168 Å². The van der Waals surface area contributed by atoms with Gasteiger partial charge in [-0.2, -0.15) is 0 Å². The van der Waals surface area contributed by atoms with Gasteiger partial charge in [0.15, 0.2) is 0 Å². The van der Waals surface area contributed by atoms with E-state index in [1.807, 2.05) is 0 Å². The van der Waals surface area contributed by atoms with Crippen LogP contribution in [0.25, 0.3) is 0 Å². The third-order valence-electron chi connectivity index (χ3n) is 7.22. The Hall–Kier alpha value is -0.660. The molecule has 0 aromatic rings. The predicted molar refractivity (Wildman–Crippen MR) is 114 cm³/mol. The molecule has 2 rings (SSSR count). The molecule has 0 bridgehead atoms. The standard InChI is InChI=1S/C25H44O2/c1-21-12-6-7-15-23(21)16-8-9-17-24(26)18-10-11-19-25(27)20-22-13-4-2-3-5-14-22/h21-23H,2-20H2,1H3. The fourth-order valence-corrected chi connectivity index (χ4v) is 5.31. The Morgan fingerprint density at radius 3 is 1.89 bits per heavy atom. The van der Waals surface area contributed by atoms with Gasteiger partial charge in [0.2, 0.25) is 0 Å². The second kappa shape index (κ2) is 13.5. The van der Waals surface area contributed by atoms with Gasteiger partial charge in [-0.05, 0) is 37.0 Å². The number of unbranched alkanes of at least 4 members (excludes halogenated alkanes) is 2. The maximum Gasteiger partial charge on any atom is 0.133 e. The highest BCUT2D eigenvalue weighted by molar-refractivity contribution is 5.79. The summed E-state index contributed by atoms with van der Waals surface area (Å²) in [6, 6.07) is 0. The first kappa shape index (κ1) is 22.6. The Morgan fingerprint density at radius 1 is 0.667 bits per heavy atom. The van der Waals surface area contributed by atoms with Crippen LogP contribution in [0.2, 0.25) is 0 Å². The fourth-order valence-electron chi connectivity index (χ4n) is 5.31. The second-order valence-electron chi connectivity index (χ2n) is 9.61. The lowest BCUT2D eigenvalue weighted by Gasteiger charge is -2.28. The molecule has 0 aromatic carbocycles. The number of ketones is 2. The van der Waals surface area contributed by atoms with Gasteiger partial charge >= 0.3 is 0 Å². The lowest BCUT2D eigenvalue weighted by Crippen LogP contribution is -2.16. The van der Waals surface area contributed by atoms with Crippen LogP contribution in [0.3, 0.4) is 0 Å². The van der Waals surface area contributed by atoms with Crippen molar-refractivity contribution in [2.75, 3.05) is 0 Å². The number of Topliss-reactive ketones (excluding diaryl/α,β-unsaturated/α-hetero) is 2. The van der Waals surface area contributed by atoms with Crippen LogP contribution in [0.4, 0.5) is 0 Å². The molecule has 2 heteroatoms.